The van der Waals surface area contributed by atoms with Crippen molar-refractivity contribution in [1.82, 2.24) is 4.98 Å². The van der Waals surface area contributed by atoms with Crippen LogP contribution in [0, 0.1) is 5.82 Å². The molecular weight excluding hydrogens is 424 g/mol. The Kier molecular flexibility index (Phi) is 4.76. The van der Waals surface area contributed by atoms with Crippen LogP contribution in [0.1, 0.15) is 40.8 Å². The largest absolute Gasteiger partial charge is 0.456 e. The number of anilines is 2. The van der Waals surface area contributed by atoms with Crippen molar-refractivity contribution in [2.75, 3.05) is 5.32 Å². The standard InChI is InChI=1S/C23H18F4N4O/c24-13-5-8-15-12(10-13)4-7-16(15)21-17-11-14(6-9-18(17)30-22(28)32-21)29-20-3-1-2-19(31-20)23(25,26)27/h1-3,5-6,8-11,16,21H,4,7H2,(H2,28,30)(H,29,31). The fourth-order valence-electron chi connectivity index (χ4n) is 4.34. The Morgan fingerprint density at radius 2 is 1.88 bits per heavy atom. The fraction of sp³-hybridized carbons (Fsp3) is 0.217. The van der Waals surface area contributed by atoms with Gasteiger partial charge in [0, 0.05) is 17.2 Å². The molecule has 2 heterocycles. The lowest BCUT2D eigenvalue weighted by Gasteiger charge is -2.30. The maximum atomic E-state index is 13.6. The molecule has 0 amide bonds. The van der Waals surface area contributed by atoms with E-state index in [0.717, 1.165) is 35.6 Å². The average molecular weight is 442 g/mol. The Hall–Kier alpha value is -3.62. The lowest BCUT2D eigenvalue weighted by atomic mass is 9.89. The monoisotopic (exact) mass is 442 g/mol. The highest BCUT2D eigenvalue weighted by Gasteiger charge is 2.36. The molecule has 2 aromatic carbocycles. The normalized spacial score (nSPS) is 19.6. The van der Waals surface area contributed by atoms with Gasteiger partial charge in [0.15, 0.2) is 0 Å². The van der Waals surface area contributed by atoms with Gasteiger partial charge in [0.25, 0.3) is 6.02 Å². The number of aliphatic imine (C=N–C) groups is 1. The number of hydrogen-bond donors (Lipinski definition) is 2. The summed E-state index contributed by atoms with van der Waals surface area (Å²) < 4.78 is 58.5. The van der Waals surface area contributed by atoms with Crippen LogP contribution >= 0.6 is 0 Å². The van der Waals surface area contributed by atoms with Gasteiger partial charge in [-0.15, -0.1) is 0 Å². The molecule has 0 spiro atoms. The van der Waals surface area contributed by atoms with E-state index in [2.05, 4.69) is 15.3 Å². The van der Waals surface area contributed by atoms with Crippen molar-refractivity contribution < 1.29 is 22.3 Å². The number of alkyl halides is 3. The van der Waals surface area contributed by atoms with E-state index >= 15 is 0 Å². The van der Waals surface area contributed by atoms with Crippen LogP contribution in [0.4, 0.5) is 34.8 Å². The van der Waals surface area contributed by atoms with Crippen molar-refractivity contribution in [3.8, 4) is 0 Å². The lowest BCUT2D eigenvalue weighted by molar-refractivity contribution is -0.141. The smallest absolute Gasteiger partial charge is 0.433 e. The molecule has 3 aromatic rings. The van der Waals surface area contributed by atoms with Gasteiger partial charge in [-0.3, -0.25) is 0 Å². The van der Waals surface area contributed by atoms with Crippen LogP contribution in [0.5, 0.6) is 0 Å². The number of nitrogens with zero attached hydrogens (tertiary/aromatic N) is 2. The molecule has 0 fully saturated rings. The number of rotatable bonds is 3. The molecule has 1 aliphatic carbocycles. The summed E-state index contributed by atoms with van der Waals surface area (Å²) in [7, 11) is 0. The molecule has 2 unspecified atom stereocenters. The molecule has 9 heteroatoms. The zero-order valence-electron chi connectivity index (χ0n) is 16.7. The van der Waals surface area contributed by atoms with Crippen molar-refractivity contribution >= 4 is 23.2 Å². The SMILES string of the molecule is NC1=Nc2ccc(Nc3cccc(C(F)(F)F)n3)cc2C(C2CCc3cc(F)ccc32)O1. The summed E-state index contributed by atoms with van der Waals surface area (Å²) in [6.45, 7) is 0. The number of hydrogen-bond acceptors (Lipinski definition) is 5. The van der Waals surface area contributed by atoms with Gasteiger partial charge < -0.3 is 15.8 Å². The predicted molar refractivity (Wildman–Crippen MR) is 112 cm³/mol. The zero-order valence-corrected chi connectivity index (χ0v) is 16.7. The van der Waals surface area contributed by atoms with Gasteiger partial charge in [0.05, 0.1) is 5.69 Å². The Bertz CT molecular complexity index is 1220. The number of nitrogens with one attached hydrogen (secondary N) is 1. The summed E-state index contributed by atoms with van der Waals surface area (Å²) in [5.74, 6) is -0.270. The average Bonchev–Trinajstić information content (AvgIpc) is 3.16. The van der Waals surface area contributed by atoms with E-state index in [1.54, 1.807) is 24.3 Å². The molecule has 5 nitrogen and oxygen atoms in total. The Morgan fingerprint density at radius 3 is 2.69 bits per heavy atom. The van der Waals surface area contributed by atoms with Crippen LogP contribution < -0.4 is 11.1 Å². The molecule has 164 valence electrons. The number of pyridine rings is 1. The number of aryl methyl sites for hydroxylation is 1. The van der Waals surface area contributed by atoms with Gasteiger partial charge in [0.2, 0.25) is 0 Å². The Balaban J connectivity index is 1.48. The number of amidine groups is 1. The number of fused-ring (bicyclic) bond motifs is 2. The van der Waals surface area contributed by atoms with E-state index in [-0.39, 0.29) is 23.6 Å². The highest BCUT2D eigenvalue weighted by Crippen LogP contribution is 2.48. The third-order valence-electron chi connectivity index (χ3n) is 5.72. The zero-order chi connectivity index (χ0) is 22.5. The van der Waals surface area contributed by atoms with Crippen LogP contribution in [0.25, 0.3) is 0 Å². The van der Waals surface area contributed by atoms with Crippen LogP contribution in [0.2, 0.25) is 0 Å². The molecule has 1 aromatic heterocycles. The molecule has 2 aliphatic rings. The van der Waals surface area contributed by atoms with Gasteiger partial charge in [-0.1, -0.05) is 12.1 Å². The van der Waals surface area contributed by atoms with Gasteiger partial charge in [-0.2, -0.15) is 18.2 Å². The molecule has 5 rings (SSSR count). The van der Waals surface area contributed by atoms with Gasteiger partial charge in [-0.05, 0) is 66.4 Å². The van der Waals surface area contributed by atoms with E-state index in [9.17, 15) is 17.6 Å². The van der Waals surface area contributed by atoms with Gasteiger partial charge in [-0.25, -0.2) is 9.37 Å². The molecule has 32 heavy (non-hydrogen) atoms. The minimum absolute atomic E-state index is 0.0401. The fourth-order valence-corrected chi connectivity index (χ4v) is 4.34. The number of nitrogens with two attached hydrogens (primary N) is 1. The first-order chi connectivity index (χ1) is 15.3. The summed E-state index contributed by atoms with van der Waals surface area (Å²) >= 11 is 0. The number of benzene rings is 2. The van der Waals surface area contributed by atoms with Gasteiger partial charge in [0.1, 0.15) is 23.4 Å². The topological polar surface area (TPSA) is 72.5 Å². The summed E-state index contributed by atoms with van der Waals surface area (Å²) in [6, 6.07) is 13.6. The maximum absolute atomic E-state index is 13.6. The van der Waals surface area contributed by atoms with Gasteiger partial charge >= 0.3 is 6.18 Å². The molecule has 2 atom stereocenters. The second-order valence-electron chi connectivity index (χ2n) is 7.78. The second kappa shape index (κ2) is 7.51. The van der Waals surface area contributed by atoms with Crippen molar-refractivity contribution in [2.45, 2.75) is 31.0 Å². The predicted octanol–water partition coefficient (Wildman–Crippen LogP) is 5.73. The Morgan fingerprint density at radius 1 is 1.03 bits per heavy atom. The highest BCUT2D eigenvalue weighted by molar-refractivity contribution is 5.79. The second-order valence-corrected chi connectivity index (χ2v) is 7.78. The number of halogens is 4. The van der Waals surface area contributed by atoms with Crippen molar-refractivity contribution in [1.29, 1.82) is 0 Å². The molecule has 0 radical (unpaired) electrons. The molecule has 0 saturated carbocycles. The highest BCUT2D eigenvalue weighted by atomic mass is 19.4. The molecule has 0 bridgehead atoms. The molecule has 3 N–H and O–H groups in total. The van der Waals surface area contributed by atoms with Crippen molar-refractivity contribution in [3.63, 3.8) is 0 Å². The minimum Gasteiger partial charge on any atom is -0.456 e. The number of ether oxygens (including phenoxy) is 1. The Labute approximate surface area is 181 Å². The van der Waals surface area contributed by atoms with E-state index in [0.29, 0.717) is 11.4 Å². The van der Waals surface area contributed by atoms with E-state index in [4.69, 9.17) is 10.5 Å². The van der Waals surface area contributed by atoms with Crippen LogP contribution in [0.15, 0.2) is 59.6 Å². The van der Waals surface area contributed by atoms with E-state index in [1.165, 1.54) is 24.3 Å². The van der Waals surface area contributed by atoms with E-state index < -0.39 is 18.0 Å². The molecule has 0 saturated heterocycles. The van der Waals surface area contributed by atoms with Crippen molar-refractivity contribution in [3.05, 3.63) is 82.8 Å². The quantitative estimate of drug-likeness (QED) is 0.508. The van der Waals surface area contributed by atoms with E-state index in [1.807, 2.05) is 0 Å². The summed E-state index contributed by atoms with van der Waals surface area (Å²) in [4.78, 5) is 7.90. The van der Waals surface area contributed by atoms with Crippen molar-refractivity contribution in [2.24, 2.45) is 10.7 Å². The molecular formula is C23H18F4N4O. The third-order valence-corrected chi connectivity index (χ3v) is 5.72. The first kappa shape index (κ1) is 20.3. The summed E-state index contributed by atoms with van der Waals surface area (Å²) in [5, 5.41) is 2.92. The summed E-state index contributed by atoms with van der Waals surface area (Å²) in [6.07, 6.45) is -3.52. The minimum atomic E-state index is -4.53. The van der Waals surface area contributed by atoms with Crippen LogP contribution in [-0.4, -0.2) is 11.0 Å². The lowest BCUT2D eigenvalue weighted by Crippen LogP contribution is -2.26. The van der Waals surface area contributed by atoms with Crippen LogP contribution in [-0.2, 0) is 17.3 Å². The van der Waals surface area contributed by atoms with Crippen LogP contribution in [0.3, 0.4) is 0 Å². The first-order valence-corrected chi connectivity index (χ1v) is 10.0. The third kappa shape index (κ3) is 3.74. The first-order valence-electron chi connectivity index (χ1n) is 10.0. The number of aromatic nitrogens is 1. The molecule has 1 aliphatic heterocycles. The summed E-state index contributed by atoms with van der Waals surface area (Å²) in [5.41, 5.74) is 8.77. The maximum Gasteiger partial charge on any atom is 0.433 e.